The van der Waals surface area contributed by atoms with Crippen molar-refractivity contribution in [1.82, 2.24) is 9.55 Å². The molecule has 6 nitrogen and oxygen atoms in total. The predicted octanol–water partition coefficient (Wildman–Crippen LogP) is 4.06. The third-order valence-corrected chi connectivity index (χ3v) is 4.18. The molecule has 0 N–H and O–H groups in total. The molecule has 0 atom stereocenters. The topological polar surface area (TPSA) is 57.9 Å². The molecule has 2 heterocycles. The number of hydrogen-bond acceptors (Lipinski definition) is 5. The van der Waals surface area contributed by atoms with E-state index in [4.69, 9.17) is 14.2 Å². The maximum atomic E-state index is 5.26. The van der Waals surface area contributed by atoms with E-state index in [-0.39, 0.29) is 6.79 Å². The zero-order chi connectivity index (χ0) is 18.8. The highest BCUT2D eigenvalue weighted by Crippen LogP contribution is 2.18. The van der Waals surface area contributed by atoms with Gasteiger partial charge in [-0.05, 0) is 57.7 Å². The lowest BCUT2D eigenvalue weighted by Crippen LogP contribution is -2.11. The minimum absolute atomic E-state index is 0.137. The van der Waals surface area contributed by atoms with Crippen LogP contribution in [0.15, 0.2) is 41.7 Å². The second-order valence-electron chi connectivity index (χ2n) is 5.88. The molecule has 0 fully saturated rings. The van der Waals surface area contributed by atoms with Crippen LogP contribution >= 0.6 is 0 Å². The van der Waals surface area contributed by atoms with Gasteiger partial charge in [-0.1, -0.05) is 0 Å². The van der Waals surface area contributed by atoms with Gasteiger partial charge in [-0.15, -0.1) is 0 Å². The summed E-state index contributed by atoms with van der Waals surface area (Å²) < 4.78 is 17.6. The molecule has 1 aromatic heterocycles. The molecule has 2 aromatic rings. The van der Waals surface area contributed by atoms with E-state index in [0.29, 0.717) is 0 Å². The number of benzene rings is 1. The Bertz CT molecular complexity index is 721. The first-order chi connectivity index (χ1) is 12.7. The molecule has 140 valence electrons. The molecule has 0 saturated heterocycles. The summed E-state index contributed by atoms with van der Waals surface area (Å²) in [5.41, 5.74) is 2.57. The lowest BCUT2D eigenvalue weighted by Gasteiger charge is -2.14. The minimum Gasteiger partial charge on any atom is -0.497 e. The molecule has 1 aromatic carbocycles. The molecule has 0 aliphatic carbocycles. The van der Waals surface area contributed by atoms with Crippen molar-refractivity contribution in [2.24, 2.45) is 4.99 Å². The number of aliphatic imine (C=N–C) groups is 1. The summed E-state index contributed by atoms with van der Waals surface area (Å²) in [6.45, 7) is 8.85. The van der Waals surface area contributed by atoms with E-state index in [1.54, 1.807) is 19.2 Å². The average molecular weight is 357 g/mol. The summed E-state index contributed by atoms with van der Waals surface area (Å²) in [5, 5.41) is 0. The molecule has 0 radical (unpaired) electrons. The standard InChI is InChI=1S/C11H13NO3.C9H14N2/c1-12-7-8-14-9-15-11-5-3-10(13-2)4-6-11;1-7-8(2)11-6-4-3-5-9(11)10-7/h3-8H,1,9H2,2H3;3-6H2,1-2H3/b8-7-;. The number of hydrogen-bond donors (Lipinski definition) is 0. The van der Waals surface area contributed by atoms with E-state index < -0.39 is 0 Å². The zero-order valence-electron chi connectivity index (χ0n) is 15.8. The molecule has 3 rings (SSSR count). The second kappa shape index (κ2) is 10.3. The summed E-state index contributed by atoms with van der Waals surface area (Å²) in [4.78, 5) is 7.99. The van der Waals surface area contributed by atoms with Crippen LogP contribution in [0.25, 0.3) is 0 Å². The smallest absolute Gasteiger partial charge is 0.230 e. The molecule has 6 heteroatoms. The van der Waals surface area contributed by atoms with Crippen LogP contribution in [0.2, 0.25) is 0 Å². The minimum atomic E-state index is 0.137. The van der Waals surface area contributed by atoms with Gasteiger partial charge in [-0.25, -0.2) is 4.98 Å². The molecule has 26 heavy (non-hydrogen) atoms. The largest absolute Gasteiger partial charge is 0.497 e. The Morgan fingerprint density at radius 1 is 1.19 bits per heavy atom. The van der Waals surface area contributed by atoms with Crippen molar-refractivity contribution in [2.45, 2.75) is 39.7 Å². The number of methoxy groups -OCH3 is 1. The Kier molecular flexibility index (Phi) is 7.74. The Labute approximate surface area is 155 Å². The van der Waals surface area contributed by atoms with Crippen LogP contribution in [-0.2, 0) is 17.7 Å². The maximum Gasteiger partial charge on any atom is 0.230 e. The monoisotopic (exact) mass is 357 g/mol. The van der Waals surface area contributed by atoms with Crippen molar-refractivity contribution in [2.75, 3.05) is 13.9 Å². The number of ether oxygens (including phenoxy) is 3. The fourth-order valence-corrected chi connectivity index (χ4v) is 2.66. The third-order valence-electron chi connectivity index (χ3n) is 4.18. The number of rotatable bonds is 6. The highest BCUT2D eigenvalue weighted by Gasteiger charge is 2.13. The average Bonchev–Trinajstić information content (AvgIpc) is 2.97. The molecule has 0 amide bonds. The van der Waals surface area contributed by atoms with Crippen molar-refractivity contribution in [3.8, 4) is 11.5 Å². The summed E-state index contributed by atoms with van der Waals surface area (Å²) in [6, 6.07) is 7.24. The Morgan fingerprint density at radius 2 is 1.92 bits per heavy atom. The van der Waals surface area contributed by atoms with Gasteiger partial charge in [-0.2, -0.15) is 0 Å². The number of aromatic nitrogens is 2. The Morgan fingerprint density at radius 3 is 2.58 bits per heavy atom. The fourth-order valence-electron chi connectivity index (χ4n) is 2.66. The molecule has 0 bridgehead atoms. The molecule has 1 aliphatic heterocycles. The fraction of sp³-hybridized carbons (Fsp3) is 0.400. The van der Waals surface area contributed by atoms with Crippen molar-refractivity contribution in [3.05, 3.63) is 53.9 Å². The number of imidazole rings is 1. The summed E-state index contributed by atoms with van der Waals surface area (Å²) in [7, 11) is 1.62. The molecular weight excluding hydrogens is 330 g/mol. The van der Waals surface area contributed by atoms with Crippen LogP contribution in [0.5, 0.6) is 11.5 Å². The van der Waals surface area contributed by atoms with Crippen LogP contribution in [-0.4, -0.2) is 30.2 Å². The quantitative estimate of drug-likeness (QED) is 0.339. The lowest BCUT2D eigenvalue weighted by atomic mass is 10.2. The van der Waals surface area contributed by atoms with Crippen LogP contribution in [0.1, 0.15) is 30.1 Å². The first-order valence-electron chi connectivity index (χ1n) is 8.67. The maximum absolute atomic E-state index is 5.26. The highest BCUT2D eigenvalue weighted by atomic mass is 16.7. The van der Waals surface area contributed by atoms with E-state index in [1.807, 2.05) is 12.1 Å². The van der Waals surface area contributed by atoms with Crippen molar-refractivity contribution in [1.29, 1.82) is 0 Å². The SMILES string of the molecule is C=N/C=C\OCOc1ccc(OC)cc1.Cc1nc2n(c1C)CCCC2. The number of nitrogens with zero attached hydrogens (tertiary/aromatic N) is 3. The number of aryl methyl sites for hydroxylation is 2. The van der Waals surface area contributed by atoms with Crippen LogP contribution in [0.3, 0.4) is 0 Å². The van der Waals surface area contributed by atoms with Gasteiger partial charge in [-0.3, -0.25) is 4.99 Å². The van der Waals surface area contributed by atoms with Gasteiger partial charge in [0.15, 0.2) is 0 Å². The molecule has 0 unspecified atom stereocenters. The summed E-state index contributed by atoms with van der Waals surface area (Å²) in [6.07, 6.45) is 6.67. The third kappa shape index (κ3) is 5.65. The van der Waals surface area contributed by atoms with Gasteiger partial charge in [0.05, 0.1) is 19.0 Å². The molecule has 0 spiro atoms. The van der Waals surface area contributed by atoms with E-state index >= 15 is 0 Å². The zero-order valence-corrected chi connectivity index (χ0v) is 15.8. The van der Waals surface area contributed by atoms with Crippen molar-refractivity contribution >= 4 is 6.72 Å². The first kappa shape index (κ1) is 19.6. The summed E-state index contributed by atoms with van der Waals surface area (Å²) >= 11 is 0. The van der Waals surface area contributed by atoms with Gasteiger partial charge in [0.2, 0.25) is 6.79 Å². The predicted molar refractivity (Wildman–Crippen MR) is 103 cm³/mol. The van der Waals surface area contributed by atoms with E-state index in [2.05, 4.69) is 35.1 Å². The number of fused-ring (bicyclic) bond motifs is 1. The van der Waals surface area contributed by atoms with Crippen molar-refractivity contribution < 1.29 is 14.2 Å². The molecular formula is C20H27N3O3. The van der Waals surface area contributed by atoms with Crippen LogP contribution in [0.4, 0.5) is 0 Å². The van der Waals surface area contributed by atoms with Gasteiger partial charge >= 0.3 is 0 Å². The van der Waals surface area contributed by atoms with Crippen LogP contribution in [0, 0.1) is 13.8 Å². The lowest BCUT2D eigenvalue weighted by molar-refractivity contribution is 0.0798. The Balaban J connectivity index is 0.000000195. The van der Waals surface area contributed by atoms with Gasteiger partial charge in [0.25, 0.3) is 0 Å². The normalized spacial score (nSPS) is 12.7. The van der Waals surface area contributed by atoms with Gasteiger partial charge in [0, 0.05) is 18.7 Å². The molecule has 1 aliphatic rings. The first-order valence-corrected chi connectivity index (χ1v) is 8.67. The van der Waals surface area contributed by atoms with Crippen molar-refractivity contribution in [3.63, 3.8) is 0 Å². The van der Waals surface area contributed by atoms with Gasteiger partial charge < -0.3 is 18.8 Å². The van der Waals surface area contributed by atoms with E-state index in [9.17, 15) is 0 Å². The van der Waals surface area contributed by atoms with Gasteiger partial charge in [0.1, 0.15) is 23.6 Å². The van der Waals surface area contributed by atoms with E-state index in [0.717, 1.165) is 11.5 Å². The summed E-state index contributed by atoms with van der Waals surface area (Å²) in [5.74, 6) is 2.81. The van der Waals surface area contributed by atoms with E-state index in [1.165, 1.54) is 55.5 Å². The second-order valence-corrected chi connectivity index (χ2v) is 5.88. The van der Waals surface area contributed by atoms with Crippen LogP contribution < -0.4 is 9.47 Å². The molecule has 0 saturated carbocycles. The Hall–Kier alpha value is -2.76. The highest BCUT2D eigenvalue weighted by molar-refractivity contribution is 5.31.